The van der Waals surface area contributed by atoms with E-state index in [9.17, 15) is 18.8 Å². The van der Waals surface area contributed by atoms with Gasteiger partial charge in [-0.05, 0) is 43.3 Å². The van der Waals surface area contributed by atoms with Gasteiger partial charge in [-0.1, -0.05) is 12.1 Å². The number of hydrogen-bond acceptors (Lipinski definition) is 4. The average molecular weight is 397 g/mol. The van der Waals surface area contributed by atoms with E-state index in [-0.39, 0.29) is 30.0 Å². The molecule has 1 aliphatic rings. The van der Waals surface area contributed by atoms with Crippen molar-refractivity contribution in [3.63, 3.8) is 0 Å². The maximum absolute atomic E-state index is 14.0. The summed E-state index contributed by atoms with van der Waals surface area (Å²) in [5.41, 5.74) is 1.66. The van der Waals surface area contributed by atoms with E-state index in [0.717, 1.165) is 0 Å². The molecule has 7 heteroatoms. The van der Waals surface area contributed by atoms with Gasteiger partial charge in [0, 0.05) is 44.4 Å². The highest BCUT2D eigenvalue weighted by Crippen LogP contribution is 2.21. The predicted octanol–water partition coefficient (Wildman–Crippen LogP) is 2.73. The van der Waals surface area contributed by atoms with Crippen LogP contribution in [0.4, 0.5) is 15.8 Å². The maximum Gasteiger partial charge on any atom is 0.242 e. The maximum atomic E-state index is 14.0. The van der Waals surface area contributed by atoms with Crippen molar-refractivity contribution in [2.45, 2.75) is 13.8 Å². The zero-order valence-electron chi connectivity index (χ0n) is 16.6. The van der Waals surface area contributed by atoms with E-state index in [1.807, 2.05) is 4.90 Å². The highest BCUT2D eigenvalue weighted by Gasteiger charge is 2.25. The van der Waals surface area contributed by atoms with Crippen LogP contribution in [0, 0.1) is 5.82 Å². The topological polar surface area (TPSA) is 60.9 Å². The van der Waals surface area contributed by atoms with E-state index in [1.54, 1.807) is 47.4 Å². The fraction of sp³-hybridized carbons (Fsp3) is 0.318. The van der Waals surface area contributed by atoms with E-state index in [1.165, 1.54) is 24.8 Å². The number of Topliss-reactive ketones (excluding diaryl/α,β-unsaturated/α-hetero) is 1. The molecule has 0 unspecified atom stereocenters. The van der Waals surface area contributed by atoms with Crippen LogP contribution in [0.1, 0.15) is 24.2 Å². The van der Waals surface area contributed by atoms with Crippen LogP contribution in [0.5, 0.6) is 0 Å². The van der Waals surface area contributed by atoms with Crippen molar-refractivity contribution in [3.8, 4) is 0 Å². The van der Waals surface area contributed by atoms with Crippen LogP contribution in [0.3, 0.4) is 0 Å². The van der Waals surface area contributed by atoms with Crippen LogP contribution in [-0.4, -0.2) is 55.2 Å². The first-order chi connectivity index (χ1) is 13.9. The van der Waals surface area contributed by atoms with Gasteiger partial charge >= 0.3 is 0 Å². The zero-order chi connectivity index (χ0) is 21.0. The number of carbonyl (C=O) groups excluding carboxylic acids is 3. The van der Waals surface area contributed by atoms with Crippen LogP contribution in [0.15, 0.2) is 48.5 Å². The van der Waals surface area contributed by atoms with Crippen molar-refractivity contribution >= 4 is 29.0 Å². The van der Waals surface area contributed by atoms with Crippen molar-refractivity contribution in [3.05, 3.63) is 59.9 Å². The van der Waals surface area contributed by atoms with Crippen LogP contribution >= 0.6 is 0 Å². The summed E-state index contributed by atoms with van der Waals surface area (Å²) in [7, 11) is 0. The van der Waals surface area contributed by atoms with Gasteiger partial charge in [0.15, 0.2) is 5.78 Å². The van der Waals surface area contributed by atoms with Crippen molar-refractivity contribution in [2.75, 3.05) is 42.5 Å². The second-order valence-corrected chi connectivity index (χ2v) is 7.03. The van der Waals surface area contributed by atoms with Gasteiger partial charge in [-0.3, -0.25) is 14.4 Å². The van der Waals surface area contributed by atoms with Crippen molar-refractivity contribution < 1.29 is 18.8 Å². The number of para-hydroxylation sites is 1. The molecule has 152 valence electrons. The second kappa shape index (κ2) is 8.86. The summed E-state index contributed by atoms with van der Waals surface area (Å²) in [6.45, 7) is 4.78. The number of nitrogens with zero attached hydrogens (tertiary/aromatic N) is 3. The lowest BCUT2D eigenvalue weighted by Gasteiger charge is -2.37. The normalized spacial score (nSPS) is 13.9. The molecule has 29 heavy (non-hydrogen) atoms. The van der Waals surface area contributed by atoms with Gasteiger partial charge in [0.05, 0.1) is 5.69 Å². The molecule has 0 N–H and O–H groups in total. The molecule has 1 fully saturated rings. The number of piperazine rings is 1. The minimum atomic E-state index is -0.274. The molecule has 2 amide bonds. The summed E-state index contributed by atoms with van der Waals surface area (Å²) in [5.74, 6) is -0.748. The molecule has 6 nitrogen and oxygen atoms in total. The molecule has 1 aliphatic heterocycles. The highest BCUT2D eigenvalue weighted by molar-refractivity contribution is 5.99. The van der Waals surface area contributed by atoms with Gasteiger partial charge in [-0.25, -0.2) is 4.39 Å². The summed E-state index contributed by atoms with van der Waals surface area (Å²) in [6.07, 6.45) is 0. The Morgan fingerprint density at radius 3 is 2.10 bits per heavy atom. The summed E-state index contributed by atoms with van der Waals surface area (Å²) in [6, 6.07) is 13.2. The van der Waals surface area contributed by atoms with Gasteiger partial charge in [0.25, 0.3) is 0 Å². The van der Waals surface area contributed by atoms with Crippen LogP contribution in [0.2, 0.25) is 0 Å². The van der Waals surface area contributed by atoms with E-state index in [2.05, 4.69) is 0 Å². The number of rotatable bonds is 5. The van der Waals surface area contributed by atoms with Crippen molar-refractivity contribution in [1.82, 2.24) is 4.90 Å². The summed E-state index contributed by atoms with van der Waals surface area (Å²) in [5, 5.41) is 0. The number of halogens is 1. The molecule has 2 aromatic carbocycles. The van der Waals surface area contributed by atoms with Gasteiger partial charge < -0.3 is 14.7 Å². The second-order valence-electron chi connectivity index (χ2n) is 7.03. The molecule has 2 aromatic rings. The predicted molar refractivity (Wildman–Crippen MR) is 110 cm³/mol. The van der Waals surface area contributed by atoms with Crippen LogP contribution < -0.4 is 9.80 Å². The third-order valence-electron chi connectivity index (χ3n) is 5.08. The lowest BCUT2D eigenvalue weighted by Crippen LogP contribution is -2.52. The van der Waals surface area contributed by atoms with Crippen molar-refractivity contribution in [2.24, 2.45) is 0 Å². The average Bonchev–Trinajstić information content (AvgIpc) is 2.72. The van der Waals surface area contributed by atoms with E-state index in [0.29, 0.717) is 43.1 Å². The number of amides is 2. The van der Waals surface area contributed by atoms with E-state index >= 15 is 0 Å². The number of hydrogen-bond donors (Lipinski definition) is 0. The number of benzene rings is 2. The smallest absolute Gasteiger partial charge is 0.242 e. The Hall–Kier alpha value is -3.22. The first-order valence-corrected chi connectivity index (χ1v) is 9.53. The van der Waals surface area contributed by atoms with Crippen molar-refractivity contribution in [1.29, 1.82) is 0 Å². The van der Waals surface area contributed by atoms with Crippen LogP contribution in [0.25, 0.3) is 0 Å². The lowest BCUT2D eigenvalue weighted by atomic mass is 10.1. The molecule has 0 aliphatic carbocycles. The molecule has 0 atom stereocenters. The summed E-state index contributed by atoms with van der Waals surface area (Å²) in [4.78, 5) is 41.3. The summed E-state index contributed by atoms with van der Waals surface area (Å²) < 4.78 is 14.0. The standard InChI is InChI=1S/C22H24FN3O3/c1-16(27)18-7-9-19(10-8-18)26(17(2)28)15-22(29)25-13-11-24(12-14-25)21-6-4-3-5-20(21)23/h3-10H,11-15H2,1-2H3. The number of carbonyl (C=O) groups is 3. The Bertz CT molecular complexity index is 906. The molecule has 0 aromatic heterocycles. The molecular formula is C22H24FN3O3. The Morgan fingerprint density at radius 2 is 1.55 bits per heavy atom. The molecule has 0 spiro atoms. The van der Waals surface area contributed by atoms with Gasteiger partial charge in [0.2, 0.25) is 11.8 Å². The molecule has 0 saturated carbocycles. The SMILES string of the molecule is CC(=O)c1ccc(N(CC(=O)N2CCN(c3ccccc3F)CC2)C(C)=O)cc1. The molecular weight excluding hydrogens is 373 g/mol. The van der Waals surface area contributed by atoms with E-state index < -0.39 is 0 Å². The number of anilines is 2. The fourth-order valence-corrected chi connectivity index (χ4v) is 3.40. The molecule has 0 bridgehead atoms. The number of ketones is 1. The molecule has 0 radical (unpaired) electrons. The minimum absolute atomic E-state index is 0.0604. The monoisotopic (exact) mass is 397 g/mol. The third kappa shape index (κ3) is 4.80. The van der Waals surface area contributed by atoms with Gasteiger partial charge in [-0.2, -0.15) is 0 Å². The Balaban J connectivity index is 1.63. The Labute approximate surface area is 169 Å². The van der Waals surface area contributed by atoms with Crippen LogP contribution in [-0.2, 0) is 9.59 Å². The largest absolute Gasteiger partial charge is 0.366 e. The zero-order valence-corrected chi connectivity index (χ0v) is 16.6. The van der Waals surface area contributed by atoms with Gasteiger partial charge in [0.1, 0.15) is 12.4 Å². The highest BCUT2D eigenvalue weighted by atomic mass is 19.1. The summed E-state index contributed by atoms with van der Waals surface area (Å²) >= 11 is 0. The molecule has 3 rings (SSSR count). The fourth-order valence-electron chi connectivity index (χ4n) is 3.40. The first kappa shape index (κ1) is 20.5. The van der Waals surface area contributed by atoms with E-state index in [4.69, 9.17) is 0 Å². The minimum Gasteiger partial charge on any atom is -0.366 e. The Morgan fingerprint density at radius 1 is 0.931 bits per heavy atom. The molecule has 1 saturated heterocycles. The third-order valence-corrected chi connectivity index (χ3v) is 5.08. The lowest BCUT2D eigenvalue weighted by molar-refractivity contribution is -0.131. The molecule has 1 heterocycles. The van der Waals surface area contributed by atoms with Gasteiger partial charge in [-0.15, -0.1) is 0 Å². The first-order valence-electron chi connectivity index (χ1n) is 9.53. The quantitative estimate of drug-likeness (QED) is 0.728. The Kier molecular flexibility index (Phi) is 6.26.